The van der Waals surface area contributed by atoms with E-state index in [4.69, 9.17) is 0 Å². The summed E-state index contributed by atoms with van der Waals surface area (Å²) in [6, 6.07) is 12.8. The second kappa shape index (κ2) is 5.45. The van der Waals surface area contributed by atoms with Crippen molar-refractivity contribution in [2.45, 2.75) is 0 Å². The molecule has 0 atom stereocenters. The van der Waals surface area contributed by atoms with Gasteiger partial charge in [-0.3, -0.25) is 0 Å². The molecule has 0 saturated carbocycles. The Balaban J connectivity index is 2.29. The highest BCUT2D eigenvalue weighted by Gasteiger charge is 2.23. The molecule has 21 heavy (non-hydrogen) atoms. The van der Waals surface area contributed by atoms with Gasteiger partial charge in [0.1, 0.15) is 0 Å². The number of halogens is 1. The van der Waals surface area contributed by atoms with Crippen LogP contribution in [-0.2, 0) is 0 Å². The molecule has 3 rings (SSSR count). The minimum atomic E-state index is -1.11. The summed E-state index contributed by atoms with van der Waals surface area (Å²) in [4.78, 5) is 11.3. The molecule has 0 bridgehead atoms. The van der Waals surface area contributed by atoms with E-state index in [0.29, 0.717) is 16.0 Å². The SMILES string of the molecule is O=C(O)c1nn(-c2cccnn2)c(-c2ccccc2)c1Br. The van der Waals surface area contributed by atoms with Gasteiger partial charge in [-0.15, -0.1) is 5.10 Å². The van der Waals surface area contributed by atoms with Crippen LogP contribution < -0.4 is 0 Å². The van der Waals surface area contributed by atoms with E-state index in [1.807, 2.05) is 30.3 Å². The van der Waals surface area contributed by atoms with E-state index in [1.165, 1.54) is 4.68 Å². The van der Waals surface area contributed by atoms with Crippen molar-refractivity contribution in [3.63, 3.8) is 0 Å². The van der Waals surface area contributed by atoms with Gasteiger partial charge in [-0.2, -0.15) is 10.2 Å². The van der Waals surface area contributed by atoms with Crippen LogP contribution in [0, 0.1) is 0 Å². The van der Waals surface area contributed by atoms with Gasteiger partial charge in [-0.1, -0.05) is 30.3 Å². The number of aromatic carboxylic acids is 1. The predicted molar refractivity (Wildman–Crippen MR) is 79.2 cm³/mol. The third-order valence-electron chi connectivity index (χ3n) is 2.85. The van der Waals surface area contributed by atoms with Gasteiger partial charge in [0.05, 0.1) is 10.2 Å². The zero-order valence-corrected chi connectivity index (χ0v) is 12.2. The van der Waals surface area contributed by atoms with Crippen molar-refractivity contribution in [3.8, 4) is 17.1 Å². The third-order valence-corrected chi connectivity index (χ3v) is 3.60. The molecule has 7 heteroatoms. The summed E-state index contributed by atoms with van der Waals surface area (Å²) < 4.78 is 1.88. The molecule has 1 aromatic carbocycles. The lowest BCUT2D eigenvalue weighted by molar-refractivity contribution is 0.0689. The van der Waals surface area contributed by atoms with Gasteiger partial charge in [0.25, 0.3) is 0 Å². The third kappa shape index (κ3) is 2.43. The summed E-state index contributed by atoms with van der Waals surface area (Å²) in [5, 5.41) is 21.2. The normalized spacial score (nSPS) is 10.5. The van der Waals surface area contributed by atoms with E-state index in [0.717, 1.165) is 5.56 Å². The summed E-state index contributed by atoms with van der Waals surface area (Å²) in [7, 11) is 0. The van der Waals surface area contributed by atoms with Crippen LogP contribution in [0.15, 0.2) is 53.1 Å². The summed E-state index contributed by atoms with van der Waals surface area (Å²) in [5.74, 6) is -0.661. The average molecular weight is 345 g/mol. The zero-order valence-electron chi connectivity index (χ0n) is 10.6. The van der Waals surface area contributed by atoms with Crippen molar-refractivity contribution in [3.05, 3.63) is 58.8 Å². The summed E-state index contributed by atoms with van der Waals surface area (Å²) in [5.41, 5.74) is 1.38. The highest BCUT2D eigenvalue weighted by molar-refractivity contribution is 9.10. The van der Waals surface area contributed by atoms with Gasteiger partial charge in [0, 0.05) is 11.8 Å². The summed E-state index contributed by atoms with van der Waals surface area (Å²) in [6.07, 6.45) is 1.54. The fourth-order valence-electron chi connectivity index (χ4n) is 1.95. The Hall–Kier alpha value is -2.54. The maximum absolute atomic E-state index is 11.3. The van der Waals surface area contributed by atoms with Crippen LogP contribution in [0.5, 0.6) is 0 Å². The monoisotopic (exact) mass is 344 g/mol. The second-order valence-corrected chi connectivity index (χ2v) is 4.97. The number of benzene rings is 1. The van der Waals surface area contributed by atoms with Gasteiger partial charge < -0.3 is 5.11 Å². The minimum absolute atomic E-state index is 0.0699. The number of carboxylic acids is 1. The first-order valence-electron chi connectivity index (χ1n) is 6.04. The van der Waals surface area contributed by atoms with Crippen LogP contribution in [0.25, 0.3) is 17.1 Å². The number of rotatable bonds is 3. The molecule has 0 aliphatic heterocycles. The fraction of sp³-hybridized carbons (Fsp3) is 0. The molecule has 0 fully saturated rings. The minimum Gasteiger partial charge on any atom is -0.476 e. The van der Waals surface area contributed by atoms with Crippen molar-refractivity contribution >= 4 is 21.9 Å². The maximum Gasteiger partial charge on any atom is 0.357 e. The topological polar surface area (TPSA) is 80.9 Å². The Kier molecular flexibility index (Phi) is 3.49. The van der Waals surface area contributed by atoms with E-state index in [2.05, 4.69) is 31.2 Å². The molecule has 0 spiro atoms. The van der Waals surface area contributed by atoms with E-state index in [-0.39, 0.29) is 5.69 Å². The molecule has 0 amide bonds. The number of hydrogen-bond acceptors (Lipinski definition) is 4. The molecule has 0 unspecified atom stereocenters. The fourth-order valence-corrected chi connectivity index (χ4v) is 2.60. The Bertz CT molecular complexity index is 787. The summed E-state index contributed by atoms with van der Waals surface area (Å²) in [6.45, 7) is 0. The van der Waals surface area contributed by atoms with Crippen LogP contribution in [0.4, 0.5) is 0 Å². The van der Waals surface area contributed by atoms with Crippen molar-refractivity contribution in [1.29, 1.82) is 0 Å². The molecule has 3 aromatic rings. The van der Waals surface area contributed by atoms with E-state index >= 15 is 0 Å². The number of carbonyl (C=O) groups is 1. The first-order valence-corrected chi connectivity index (χ1v) is 6.83. The molecule has 6 nitrogen and oxygen atoms in total. The van der Waals surface area contributed by atoms with E-state index in [1.54, 1.807) is 18.3 Å². The molecule has 0 saturated heterocycles. The van der Waals surface area contributed by atoms with Crippen LogP contribution in [-0.4, -0.2) is 31.1 Å². The highest BCUT2D eigenvalue weighted by atomic mass is 79.9. The first kappa shape index (κ1) is 13.4. The Morgan fingerprint density at radius 1 is 1.14 bits per heavy atom. The van der Waals surface area contributed by atoms with Crippen molar-refractivity contribution in [2.75, 3.05) is 0 Å². The molecular formula is C14H9BrN4O2. The molecule has 0 aliphatic rings. The molecule has 0 radical (unpaired) electrons. The maximum atomic E-state index is 11.3. The Morgan fingerprint density at radius 2 is 1.90 bits per heavy atom. The highest BCUT2D eigenvalue weighted by Crippen LogP contribution is 2.32. The van der Waals surface area contributed by atoms with E-state index in [9.17, 15) is 9.90 Å². The van der Waals surface area contributed by atoms with Crippen LogP contribution in [0.2, 0.25) is 0 Å². The first-order chi connectivity index (χ1) is 10.2. The van der Waals surface area contributed by atoms with E-state index < -0.39 is 5.97 Å². The zero-order chi connectivity index (χ0) is 14.8. The van der Waals surface area contributed by atoms with Crippen molar-refractivity contribution in [2.24, 2.45) is 0 Å². The van der Waals surface area contributed by atoms with Gasteiger partial charge in [-0.25, -0.2) is 9.48 Å². The van der Waals surface area contributed by atoms with Crippen LogP contribution in [0.3, 0.4) is 0 Å². The number of aromatic nitrogens is 4. The smallest absolute Gasteiger partial charge is 0.357 e. The van der Waals surface area contributed by atoms with Gasteiger partial charge in [-0.05, 0) is 28.1 Å². The summed E-state index contributed by atoms with van der Waals surface area (Å²) >= 11 is 3.32. The van der Waals surface area contributed by atoms with Crippen molar-refractivity contribution < 1.29 is 9.90 Å². The van der Waals surface area contributed by atoms with Crippen LogP contribution in [0.1, 0.15) is 10.5 Å². The lowest BCUT2D eigenvalue weighted by Gasteiger charge is -2.06. The average Bonchev–Trinajstić information content (AvgIpc) is 2.87. The molecule has 2 aromatic heterocycles. The lowest BCUT2D eigenvalue weighted by atomic mass is 10.1. The largest absolute Gasteiger partial charge is 0.476 e. The Labute approximate surface area is 128 Å². The van der Waals surface area contributed by atoms with Gasteiger partial charge in [0.15, 0.2) is 11.5 Å². The number of carboxylic acid groups (broad SMARTS) is 1. The van der Waals surface area contributed by atoms with Gasteiger partial charge >= 0.3 is 5.97 Å². The molecule has 104 valence electrons. The number of hydrogen-bond donors (Lipinski definition) is 1. The molecular weight excluding hydrogens is 336 g/mol. The predicted octanol–water partition coefficient (Wildman–Crippen LogP) is 2.79. The Morgan fingerprint density at radius 3 is 2.52 bits per heavy atom. The molecule has 0 aliphatic carbocycles. The molecule has 2 heterocycles. The number of nitrogens with zero attached hydrogens (tertiary/aromatic N) is 4. The second-order valence-electron chi connectivity index (χ2n) is 4.18. The molecule has 1 N–H and O–H groups in total. The quantitative estimate of drug-likeness (QED) is 0.789. The van der Waals surface area contributed by atoms with Gasteiger partial charge in [0.2, 0.25) is 0 Å². The van der Waals surface area contributed by atoms with Crippen LogP contribution >= 0.6 is 15.9 Å². The lowest BCUT2D eigenvalue weighted by Crippen LogP contribution is -2.04. The van der Waals surface area contributed by atoms with Crippen molar-refractivity contribution in [1.82, 2.24) is 20.0 Å². The standard InChI is InChI=1S/C14H9BrN4O2/c15-11-12(14(20)21)18-19(10-7-4-8-16-17-10)13(11)9-5-2-1-3-6-9/h1-8H,(H,20,21).